The molecule has 1 N–H and O–H groups in total. The van der Waals surface area contributed by atoms with Crippen molar-refractivity contribution < 1.29 is 9.18 Å². The molecule has 2 aromatic rings. The first-order valence-corrected chi connectivity index (χ1v) is 7.50. The van der Waals surface area contributed by atoms with Crippen molar-refractivity contribution in [3.05, 3.63) is 34.1 Å². The number of rotatable bonds is 5. The number of nitrogens with zero attached hydrogens (tertiary/aromatic N) is 5. The molecule has 0 aromatic carbocycles. The highest BCUT2D eigenvalue weighted by Gasteiger charge is 2.20. The molecule has 0 unspecified atom stereocenters. The Morgan fingerprint density at radius 1 is 1.57 bits per heavy atom. The van der Waals surface area contributed by atoms with Crippen molar-refractivity contribution in [3.8, 4) is 0 Å². The predicted molar refractivity (Wildman–Crippen MR) is 85.0 cm³/mol. The Labute approximate surface area is 138 Å². The molecular weight excluding hydrogens is 323 g/mol. The largest absolute Gasteiger partial charge is 0.271 e. The van der Waals surface area contributed by atoms with E-state index in [-0.39, 0.29) is 11.5 Å². The Bertz CT molecular complexity index is 751. The molecule has 124 valence electrons. The lowest BCUT2D eigenvalue weighted by Crippen LogP contribution is -2.28. The van der Waals surface area contributed by atoms with Gasteiger partial charge in [0.1, 0.15) is 6.04 Å². The first kappa shape index (κ1) is 17.1. The van der Waals surface area contributed by atoms with Gasteiger partial charge < -0.3 is 0 Å². The highest BCUT2D eigenvalue weighted by atomic mass is 35.5. The van der Waals surface area contributed by atoms with Gasteiger partial charge in [-0.3, -0.25) is 9.48 Å². The van der Waals surface area contributed by atoms with E-state index >= 15 is 0 Å². The Morgan fingerprint density at radius 3 is 2.78 bits per heavy atom. The summed E-state index contributed by atoms with van der Waals surface area (Å²) in [7, 11) is 0. The summed E-state index contributed by atoms with van der Waals surface area (Å²) in [6, 6.07) is -0.596. The summed E-state index contributed by atoms with van der Waals surface area (Å²) in [6.45, 7) is 7.42. The van der Waals surface area contributed by atoms with Gasteiger partial charge in [0, 0.05) is 6.54 Å². The van der Waals surface area contributed by atoms with E-state index < -0.39 is 12.0 Å². The summed E-state index contributed by atoms with van der Waals surface area (Å²) in [5.41, 5.74) is 3.92. The Balaban J connectivity index is 2.05. The number of hydrazone groups is 1. The molecule has 9 heteroatoms. The van der Waals surface area contributed by atoms with Crippen LogP contribution in [0.25, 0.3) is 0 Å². The maximum absolute atomic E-state index is 13.7. The van der Waals surface area contributed by atoms with Gasteiger partial charge in [-0.2, -0.15) is 19.7 Å². The molecule has 0 aliphatic heterocycles. The molecule has 0 spiro atoms. The molecule has 0 bridgehead atoms. The van der Waals surface area contributed by atoms with Crippen molar-refractivity contribution in [3.63, 3.8) is 0 Å². The van der Waals surface area contributed by atoms with Crippen LogP contribution in [0.3, 0.4) is 0 Å². The Hall–Kier alpha value is -2.22. The average molecular weight is 341 g/mol. The molecule has 1 atom stereocenters. The summed E-state index contributed by atoms with van der Waals surface area (Å²) in [6.07, 6.45) is 2.56. The summed E-state index contributed by atoms with van der Waals surface area (Å²) in [4.78, 5) is 12.1. The van der Waals surface area contributed by atoms with Crippen LogP contribution in [-0.2, 0) is 11.3 Å². The monoisotopic (exact) mass is 340 g/mol. The first-order chi connectivity index (χ1) is 10.9. The number of carbonyl (C=O) groups excluding carboxylic acids is 1. The predicted octanol–water partition coefficient (Wildman–Crippen LogP) is 2.22. The third-order valence-electron chi connectivity index (χ3n) is 3.46. The quantitative estimate of drug-likeness (QED) is 0.669. The molecule has 0 aliphatic carbocycles. The van der Waals surface area contributed by atoms with E-state index in [9.17, 15) is 9.18 Å². The van der Waals surface area contributed by atoms with E-state index in [1.807, 2.05) is 0 Å². The van der Waals surface area contributed by atoms with Gasteiger partial charge in [-0.1, -0.05) is 11.6 Å². The molecule has 2 heterocycles. The molecule has 0 aliphatic rings. The van der Waals surface area contributed by atoms with E-state index in [0.717, 1.165) is 0 Å². The Morgan fingerprint density at radius 2 is 2.26 bits per heavy atom. The minimum Gasteiger partial charge on any atom is -0.271 e. The highest BCUT2D eigenvalue weighted by Crippen LogP contribution is 2.22. The maximum Gasteiger partial charge on any atom is 0.264 e. The normalized spacial score (nSPS) is 12.8. The number of aryl methyl sites for hydroxylation is 2. The first-order valence-electron chi connectivity index (χ1n) is 7.12. The second kappa shape index (κ2) is 6.91. The van der Waals surface area contributed by atoms with Gasteiger partial charge in [-0.05, 0) is 27.7 Å². The average Bonchev–Trinajstić information content (AvgIpc) is 3.01. The zero-order chi connectivity index (χ0) is 17.1. The fourth-order valence-electron chi connectivity index (χ4n) is 2.08. The summed E-state index contributed by atoms with van der Waals surface area (Å²) >= 11 is 6.07. The van der Waals surface area contributed by atoms with E-state index in [1.54, 1.807) is 27.7 Å². The van der Waals surface area contributed by atoms with Crippen molar-refractivity contribution in [2.24, 2.45) is 5.10 Å². The van der Waals surface area contributed by atoms with Crippen LogP contribution in [0.15, 0.2) is 11.3 Å². The molecule has 23 heavy (non-hydrogen) atoms. The summed E-state index contributed by atoms with van der Waals surface area (Å²) < 4.78 is 16.5. The van der Waals surface area contributed by atoms with E-state index in [1.165, 1.54) is 21.8 Å². The van der Waals surface area contributed by atoms with E-state index in [4.69, 9.17) is 11.6 Å². The highest BCUT2D eigenvalue weighted by molar-refractivity contribution is 6.31. The fraction of sp³-hybridized carbons (Fsp3) is 0.429. The van der Waals surface area contributed by atoms with Gasteiger partial charge >= 0.3 is 0 Å². The third kappa shape index (κ3) is 3.42. The van der Waals surface area contributed by atoms with Crippen LogP contribution in [0, 0.1) is 19.8 Å². The molecular formula is C14H18ClFN6O. The fourth-order valence-corrected chi connectivity index (χ4v) is 2.21. The number of halogens is 2. The topological polar surface area (TPSA) is 77.1 Å². The van der Waals surface area contributed by atoms with Gasteiger partial charge in [-0.25, -0.2) is 10.1 Å². The molecule has 1 amide bonds. The van der Waals surface area contributed by atoms with Crippen LogP contribution in [0.5, 0.6) is 0 Å². The van der Waals surface area contributed by atoms with Gasteiger partial charge in [0.15, 0.2) is 0 Å². The van der Waals surface area contributed by atoms with Crippen LogP contribution in [0.2, 0.25) is 5.02 Å². The standard InChI is InChI=1S/C14H18ClFN6O/c1-5-21-13(16)11(7-18-21)6-17-19-14(23)10(4)22-9(3)12(15)8(2)20-22/h6-7,10H,5H2,1-4H3,(H,19,23)/b17-6-/t10-/m1/s1. The van der Waals surface area contributed by atoms with Crippen molar-refractivity contribution in [2.45, 2.75) is 40.3 Å². The molecule has 2 rings (SSSR count). The number of carbonyl (C=O) groups is 1. The number of hydrogen-bond acceptors (Lipinski definition) is 4. The van der Waals surface area contributed by atoms with Gasteiger partial charge in [0.25, 0.3) is 5.91 Å². The molecule has 0 fully saturated rings. The number of amides is 1. The summed E-state index contributed by atoms with van der Waals surface area (Å²) in [5.74, 6) is -0.879. The molecule has 0 saturated heterocycles. The smallest absolute Gasteiger partial charge is 0.264 e. The lowest BCUT2D eigenvalue weighted by atomic mass is 10.3. The van der Waals surface area contributed by atoms with Crippen LogP contribution in [0.1, 0.15) is 36.8 Å². The maximum atomic E-state index is 13.7. The van der Waals surface area contributed by atoms with Crippen molar-refractivity contribution >= 4 is 23.7 Å². The van der Waals surface area contributed by atoms with Crippen molar-refractivity contribution in [1.82, 2.24) is 25.0 Å². The molecule has 7 nitrogen and oxygen atoms in total. The molecule has 0 saturated carbocycles. The van der Waals surface area contributed by atoms with Crippen LogP contribution >= 0.6 is 11.6 Å². The van der Waals surface area contributed by atoms with E-state index in [0.29, 0.717) is 23.0 Å². The number of aromatic nitrogens is 4. The zero-order valence-corrected chi connectivity index (χ0v) is 14.1. The van der Waals surface area contributed by atoms with Crippen LogP contribution < -0.4 is 5.43 Å². The molecule has 2 aromatic heterocycles. The lowest BCUT2D eigenvalue weighted by Gasteiger charge is -2.12. The lowest BCUT2D eigenvalue weighted by molar-refractivity contribution is -0.124. The second-order valence-corrected chi connectivity index (χ2v) is 5.42. The minimum absolute atomic E-state index is 0.203. The summed E-state index contributed by atoms with van der Waals surface area (Å²) in [5, 5.41) is 12.4. The van der Waals surface area contributed by atoms with E-state index in [2.05, 4.69) is 20.7 Å². The van der Waals surface area contributed by atoms with Crippen LogP contribution in [-0.4, -0.2) is 31.7 Å². The van der Waals surface area contributed by atoms with Crippen LogP contribution in [0.4, 0.5) is 4.39 Å². The number of hydrogen-bond donors (Lipinski definition) is 1. The molecule has 0 radical (unpaired) electrons. The second-order valence-electron chi connectivity index (χ2n) is 5.05. The third-order valence-corrected chi connectivity index (χ3v) is 4.01. The minimum atomic E-state index is -0.596. The van der Waals surface area contributed by atoms with Gasteiger partial charge in [-0.15, -0.1) is 0 Å². The van der Waals surface area contributed by atoms with Gasteiger partial charge in [0.2, 0.25) is 5.95 Å². The Kier molecular flexibility index (Phi) is 5.15. The van der Waals surface area contributed by atoms with Crippen molar-refractivity contribution in [2.75, 3.05) is 0 Å². The van der Waals surface area contributed by atoms with Gasteiger partial charge in [0.05, 0.1) is 34.4 Å². The van der Waals surface area contributed by atoms with Crippen molar-refractivity contribution in [1.29, 1.82) is 0 Å². The SMILES string of the molecule is CCn1ncc(/C=N\NC(=O)[C@@H](C)n2nc(C)c(Cl)c2C)c1F. The number of nitrogens with one attached hydrogen (secondary N) is 1. The zero-order valence-electron chi connectivity index (χ0n) is 13.3.